The Morgan fingerprint density at radius 2 is 1.47 bits per heavy atom. The fourth-order valence-electron chi connectivity index (χ4n) is 4.47. The van der Waals surface area contributed by atoms with Crippen LogP contribution in [0.1, 0.15) is 24.0 Å². The number of fused-ring (bicyclic) bond motifs is 1. The highest BCUT2D eigenvalue weighted by Gasteiger charge is 2.30. The molecule has 2 aromatic carbocycles. The van der Waals surface area contributed by atoms with E-state index in [2.05, 4.69) is 25.9 Å². The van der Waals surface area contributed by atoms with Gasteiger partial charge in [0.1, 0.15) is 18.1 Å². The largest absolute Gasteiger partial charge is 0.480 e. The number of hydrogen-bond acceptors (Lipinski definition) is 7. The van der Waals surface area contributed by atoms with E-state index in [1.807, 2.05) is 24.3 Å². The monoisotopic (exact) mass is 594 g/mol. The van der Waals surface area contributed by atoms with Gasteiger partial charge >= 0.3 is 5.97 Å². The van der Waals surface area contributed by atoms with Gasteiger partial charge in [0, 0.05) is 30.1 Å². The standard InChI is InChI=1S/C29H38N8O6/c30-20(14-18-15-34-21-10-5-4-9-19(18)21)25(39)37-24(16-38)27(41)36-23(13-17-7-2-1-3-8-17)26(40)35-22(28(42)43)11-6-12-33-29(31)32/h1-5,7-10,15,20,22-24,34,38H,6,11-14,16,30H2,(H,35,40)(H,36,41)(H,37,39)(H,42,43)(H4,31,32,33). The number of aliphatic imine (C=N–C) groups is 1. The van der Waals surface area contributed by atoms with Crippen LogP contribution in [-0.2, 0) is 32.0 Å². The lowest BCUT2D eigenvalue weighted by Crippen LogP contribution is -2.58. The summed E-state index contributed by atoms with van der Waals surface area (Å²) in [7, 11) is 0. The Morgan fingerprint density at radius 1 is 0.837 bits per heavy atom. The normalized spacial score (nSPS) is 13.7. The molecule has 4 unspecified atom stereocenters. The first-order chi connectivity index (χ1) is 20.6. The van der Waals surface area contributed by atoms with Gasteiger partial charge in [0.25, 0.3) is 0 Å². The first-order valence-electron chi connectivity index (χ1n) is 13.7. The Balaban J connectivity index is 1.67. The van der Waals surface area contributed by atoms with Crippen LogP contribution in [0.4, 0.5) is 0 Å². The number of aromatic amines is 1. The number of aliphatic hydroxyl groups is 1. The number of amides is 3. The van der Waals surface area contributed by atoms with Crippen LogP contribution in [0, 0.1) is 0 Å². The molecule has 3 aromatic rings. The van der Waals surface area contributed by atoms with Crippen molar-refractivity contribution in [3.05, 3.63) is 71.9 Å². The van der Waals surface area contributed by atoms with Crippen molar-refractivity contribution in [2.75, 3.05) is 13.2 Å². The number of aliphatic carboxylic acids is 1. The minimum absolute atomic E-state index is 0.0188. The predicted molar refractivity (Wildman–Crippen MR) is 161 cm³/mol. The first-order valence-corrected chi connectivity index (χ1v) is 13.7. The van der Waals surface area contributed by atoms with E-state index in [1.165, 1.54) is 0 Å². The molecule has 0 radical (unpaired) electrons. The van der Waals surface area contributed by atoms with E-state index in [9.17, 15) is 29.4 Å². The molecule has 1 heterocycles. The van der Waals surface area contributed by atoms with Crippen LogP contribution in [0.25, 0.3) is 10.9 Å². The maximum absolute atomic E-state index is 13.2. The zero-order valence-electron chi connectivity index (χ0n) is 23.5. The third-order valence-corrected chi connectivity index (χ3v) is 6.74. The second-order valence-corrected chi connectivity index (χ2v) is 10.0. The highest BCUT2D eigenvalue weighted by molar-refractivity contribution is 5.94. The van der Waals surface area contributed by atoms with Crippen LogP contribution in [-0.4, -0.2) is 82.2 Å². The molecule has 0 saturated heterocycles. The molecule has 0 bridgehead atoms. The topological polar surface area (TPSA) is 251 Å². The maximum atomic E-state index is 13.2. The molecule has 0 fully saturated rings. The second-order valence-electron chi connectivity index (χ2n) is 10.0. The molecule has 0 aliphatic rings. The van der Waals surface area contributed by atoms with E-state index in [-0.39, 0.29) is 38.2 Å². The number of para-hydroxylation sites is 1. The summed E-state index contributed by atoms with van der Waals surface area (Å²) in [5.41, 5.74) is 19.1. The molecule has 3 rings (SSSR count). The molecule has 43 heavy (non-hydrogen) atoms. The summed E-state index contributed by atoms with van der Waals surface area (Å²) in [6.07, 6.45) is 2.27. The summed E-state index contributed by atoms with van der Waals surface area (Å²) in [4.78, 5) is 58.0. The number of nitrogens with one attached hydrogen (secondary N) is 4. The van der Waals surface area contributed by atoms with Crippen molar-refractivity contribution in [3.8, 4) is 0 Å². The first kappa shape index (κ1) is 32.6. The molecule has 0 spiro atoms. The molecule has 3 amide bonds. The molecular weight excluding hydrogens is 556 g/mol. The predicted octanol–water partition coefficient (Wildman–Crippen LogP) is -1.13. The molecule has 12 N–H and O–H groups in total. The van der Waals surface area contributed by atoms with Crippen molar-refractivity contribution in [3.63, 3.8) is 0 Å². The molecule has 14 heteroatoms. The molecule has 4 atom stereocenters. The Kier molecular flexibility index (Phi) is 12.0. The van der Waals surface area contributed by atoms with Gasteiger partial charge in [-0.25, -0.2) is 4.79 Å². The minimum atomic E-state index is -1.41. The zero-order chi connectivity index (χ0) is 31.4. The van der Waals surface area contributed by atoms with Gasteiger partial charge in [-0.1, -0.05) is 48.5 Å². The molecule has 1 aromatic heterocycles. The fraction of sp³-hybridized carbons (Fsp3) is 0.345. The number of aromatic nitrogens is 1. The summed E-state index contributed by atoms with van der Waals surface area (Å²) in [6, 6.07) is 11.4. The number of carbonyl (C=O) groups is 4. The van der Waals surface area contributed by atoms with Crippen LogP contribution in [0.15, 0.2) is 65.8 Å². The minimum Gasteiger partial charge on any atom is -0.480 e. The van der Waals surface area contributed by atoms with Crippen molar-refractivity contribution >= 4 is 40.6 Å². The van der Waals surface area contributed by atoms with E-state index >= 15 is 0 Å². The summed E-state index contributed by atoms with van der Waals surface area (Å²) >= 11 is 0. The van der Waals surface area contributed by atoms with E-state index in [4.69, 9.17) is 17.2 Å². The number of rotatable bonds is 16. The summed E-state index contributed by atoms with van der Waals surface area (Å²) < 4.78 is 0. The van der Waals surface area contributed by atoms with E-state index < -0.39 is 54.5 Å². The average molecular weight is 595 g/mol. The van der Waals surface area contributed by atoms with Gasteiger partial charge in [0.2, 0.25) is 17.7 Å². The van der Waals surface area contributed by atoms with Gasteiger partial charge in [0.15, 0.2) is 5.96 Å². The van der Waals surface area contributed by atoms with E-state index in [1.54, 1.807) is 36.5 Å². The third-order valence-electron chi connectivity index (χ3n) is 6.74. The average Bonchev–Trinajstić information content (AvgIpc) is 3.39. The van der Waals surface area contributed by atoms with E-state index in [0.717, 1.165) is 16.5 Å². The summed E-state index contributed by atoms with van der Waals surface area (Å²) in [6.45, 7) is -0.591. The lowest BCUT2D eigenvalue weighted by atomic mass is 10.0. The molecule has 14 nitrogen and oxygen atoms in total. The van der Waals surface area contributed by atoms with Crippen molar-refractivity contribution in [2.24, 2.45) is 22.2 Å². The highest BCUT2D eigenvalue weighted by Crippen LogP contribution is 2.18. The second kappa shape index (κ2) is 15.9. The fourth-order valence-corrected chi connectivity index (χ4v) is 4.47. The number of guanidine groups is 1. The Labute approximate surface area is 248 Å². The van der Waals surface area contributed by atoms with Crippen molar-refractivity contribution in [1.82, 2.24) is 20.9 Å². The molecule has 0 aliphatic heterocycles. The molecule has 0 saturated carbocycles. The van der Waals surface area contributed by atoms with Crippen LogP contribution in [0.3, 0.4) is 0 Å². The SMILES string of the molecule is NC(N)=NCCCC(NC(=O)C(Cc1ccccc1)NC(=O)C(CO)NC(=O)C(N)Cc1c[nH]c2ccccc12)C(=O)O. The van der Waals surface area contributed by atoms with Crippen molar-refractivity contribution < 1.29 is 29.4 Å². The van der Waals surface area contributed by atoms with E-state index in [0.29, 0.717) is 5.56 Å². The lowest BCUT2D eigenvalue weighted by Gasteiger charge is -2.24. The number of carbonyl (C=O) groups excluding carboxylic acids is 3. The number of benzene rings is 2. The van der Waals surface area contributed by atoms with Crippen molar-refractivity contribution in [1.29, 1.82) is 0 Å². The van der Waals surface area contributed by atoms with Gasteiger partial charge in [0.05, 0.1) is 12.6 Å². The zero-order valence-corrected chi connectivity index (χ0v) is 23.5. The Hall–Kier alpha value is -4.95. The maximum Gasteiger partial charge on any atom is 0.326 e. The number of H-pyrrole nitrogens is 1. The number of carboxylic acid groups (broad SMARTS) is 1. The summed E-state index contributed by atoms with van der Waals surface area (Å²) in [5.74, 6) is -3.68. The van der Waals surface area contributed by atoms with Crippen molar-refractivity contribution in [2.45, 2.75) is 49.9 Å². The quantitative estimate of drug-likeness (QED) is 0.0551. The van der Waals surface area contributed by atoms with Crippen LogP contribution < -0.4 is 33.2 Å². The van der Waals surface area contributed by atoms with Crippen LogP contribution in [0.2, 0.25) is 0 Å². The van der Waals surface area contributed by atoms with Gasteiger partial charge in [-0.15, -0.1) is 0 Å². The molecule has 0 aliphatic carbocycles. The third kappa shape index (κ3) is 9.83. The molecule has 230 valence electrons. The lowest BCUT2D eigenvalue weighted by molar-refractivity contribution is -0.142. The van der Waals surface area contributed by atoms with Crippen LogP contribution in [0.5, 0.6) is 0 Å². The summed E-state index contributed by atoms with van der Waals surface area (Å²) in [5, 5.41) is 27.9. The number of aliphatic hydroxyl groups excluding tert-OH is 1. The van der Waals surface area contributed by atoms with Gasteiger partial charge in [-0.3, -0.25) is 19.4 Å². The number of hydrogen-bond donors (Lipinski definition) is 9. The van der Waals surface area contributed by atoms with Gasteiger partial charge in [-0.2, -0.15) is 0 Å². The Bertz CT molecular complexity index is 1420. The van der Waals surface area contributed by atoms with Gasteiger partial charge < -0.3 is 48.3 Å². The number of carboxylic acids is 1. The highest BCUT2D eigenvalue weighted by atomic mass is 16.4. The molecular formula is C29H38N8O6. The number of nitrogens with two attached hydrogens (primary N) is 3. The van der Waals surface area contributed by atoms with Crippen LogP contribution >= 0.6 is 0 Å². The smallest absolute Gasteiger partial charge is 0.326 e. The number of nitrogens with zero attached hydrogens (tertiary/aromatic N) is 1. The van der Waals surface area contributed by atoms with Gasteiger partial charge in [-0.05, 0) is 36.5 Å². The Morgan fingerprint density at radius 3 is 2.14 bits per heavy atom.